The van der Waals surface area contributed by atoms with Gasteiger partial charge < -0.3 is 5.73 Å². The number of hydrogen-bond acceptors (Lipinski definition) is 2. The molecule has 0 aliphatic heterocycles. The van der Waals surface area contributed by atoms with Crippen molar-refractivity contribution in [2.75, 3.05) is 0 Å². The second kappa shape index (κ2) is 3.54. The molecule has 1 heterocycles. The molecule has 1 rings (SSSR count). The van der Waals surface area contributed by atoms with Crippen LogP contribution in [0.25, 0.3) is 0 Å². The summed E-state index contributed by atoms with van der Waals surface area (Å²) in [5.74, 6) is 0. The van der Waals surface area contributed by atoms with E-state index in [1.807, 2.05) is 11.5 Å². The first-order valence-electron chi connectivity index (χ1n) is 3.23. The van der Waals surface area contributed by atoms with Gasteiger partial charge in [0, 0.05) is 6.04 Å². The first kappa shape index (κ1) is 7.51. The Morgan fingerprint density at radius 2 is 2.60 bits per heavy atom. The molecule has 0 amide bonds. The molecule has 0 saturated carbocycles. The van der Waals surface area contributed by atoms with Gasteiger partial charge >= 0.3 is 0 Å². The van der Waals surface area contributed by atoms with Crippen LogP contribution in [0.3, 0.4) is 0 Å². The number of thiophene rings is 1. The van der Waals surface area contributed by atoms with E-state index in [1.165, 1.54) is 5.56 Å². The molecular formula is C8H11NS. The van der Waals surface area contributed by atoms with Gasteiger partial charge in [-0.1, -0.05) is 6.08 Å². The van der Waals surface area contributed by atoms with Gasteiger partial charge in [0.05, 0.1) is 0 Å². The lowest BCUT2D eigenvalue weighted by atomic mass is 10.1. The molecule has 2 heteroatoms. The van der Waals surface area contributed by atoms with E-state index in [0.29, 0.717) is 0 Å². The maximum absolute atomic E-state index is 5.79. The van der Waals surface area contributed by atoms with Gasteiger partial charge in [-0.05, 0) is 28.8 Å². The van der Waals surface area contributed by atoms with Crippen molar-refractivity contribution in [3.63, 3.8) is 0 Å². The Bertz CT molecular complexity index is 191. The van der Waals surface area contributed by atoms with Crippen molar-refractivity contribution in [1.29, 1.82) is 0 Å². The normalized spacial score (nSPS) is 12.9. The molecule has 2 N–H and O–H groups in total. The van der Waals surface area contributed by atoms with Crippen LogP contribution in [0, 0.1) is 0 Å². The summed E-state index contributed by atoms with van der Waals surface area (Å²) in [6.45, 7) is 3.63. The zero-order valence-electron chi connectivity index (χ0n) is 5.79. The Morgan fingerprint density at radius 3 is 3.10 bits per heavy atom. The summed E-state index contributed by atoms with van der Waals surface area (Å²) in [5.41, 5.74) is 7.00. The van der Waals surface area contributed by atoms with Gasteiger partial charge in [0.2, 0.25) is 0 Å². The fourth-order valence-corrected chi connectivity index (χ4v) is 1.53. The van der Waals surface area contributed by atoms with Crippen LogP contribution in [-0.4, -0.2) is 0 Å². The molecule has 54 valence electrons. The molecule has 1 aromatic heterocycles. The third kappa shape index (κ3) is 1.69. The second-order valence-corrected chi connectivity index (χ2v) is 2.97. The molecule has 0 saturated heterocycles. The Balaban J connectivity index is 2.58. The molecule has 0 radical (unpaired) electrons. The van der Waals surface area contributed by atoms with Crippen LogP contribution in [0.5, 0.6) is 0 Å². The van der Waals surface area contributed by atoms with Crippen LogP contribution in [0.4, 0.5) is 0 Å². The largest absolute Gasteiger partial charge is 0.324 e. The maximum Gasteiger partial charge on any atom is 0.0337 e. The van der Waals surface area contributed by atoms with E-state index < -0.39 is 0 Å². The molecule has 0 aromatic carbocycles. The highest BCUT2D eigenvalue weighted by Gasteiger charge is 2.01. The van der Waals surface area contributed by atoms with Crippen molar-refractivity contribution in [3.05, 3.63) is 35.0 Å². The van der Waals surface area contributed by atoms with Crippen molar-refractivity contribution in [2.45, 2.75) is 12.5 Å². The van der Waals surface area contributed by atoms with Crippen LogP contribution >= 0.6 is 11.3 Å². The summed E-state index contributed by atoms with van der Waals surface area (Å²) in [7, 11) is 0. The number of hydrogen-bond donors (Lipinski definition) is 1. The molecule has 0 aliphatic rings. The van der Waals surface area contributed by atoms with E-state index in [-0.39, 0.29) is 6.04 Å². The molecular weight excluding hydrogens is 142 g/mol. The zero-order valence-corrected chi connectivity index (χ0v) is 6.60. The summed E-state index contributed by atoms with van der Waals surface area (Å²) in [5, 5.41) is 4.12. The molecule has 1 nitrogen and oxygen atoms in total. The molecule has 0 fully saturated rings. The van der Waals surface area contributed by atoms with Gasteiger partial charge in [-0.3, -0.25) is 0 Å². The lowest BCUT2D eigenvalue weighted by Crippen LogP contribution is -2.07. The molecule has 0 spiro atoms. The fourth-order valence-electron chi connectivity index (χ4n) is 0.802. The Labute approximate surface area is 65.2 Å². The molecule has 1 unspecified atom stereocenters. The average Bonchev–Trinajstić information content (AvgIpc) is 2.38. The predicted molar refractivity (Wildman–Crippen MR) is 46.1 cm³/mol. The van der Waals surface area contributed by atoms with E-state index in [0.717, 1.165) is 6.42 Å². The summed E-state index contributed by atoms with van der Waals surface area (Å²) in [4.78, 5) is 0. The lowest BCUT2D eigenvalue weighted by Gasteiger charge is -2.04. The Kier molecular flexibility index (Phi) is 2.66. The Hall–Kier alpha value is -0.600. The fraction of sp³-hybridized carbons (Fsp3) is 0.250. The van der Waals surface area contributed by atoms with Gasteiger partial charge in [0.1, 0.15) is 0 Å². The van der Waals surface area contributed by atoms with Crippen molar-refractivity contribution in [2.24, 2.45) is 5.73 Å². The van der Waals surface area contributed by atoms with Gasteiger partial charge in [0.25, 0.3) is 0 Å². The SMILES string of the molecule is C=CCC(N)c1ccsc1. The first-order chi connectivity index (χ1) is 4.84. The third-order valence-electron chi connectivity index (χ3n) is 1.39. The highest BCUT2D eigenvalue weighted by molar-refractivity contribution is 7.07. The lowest BCUT2D eigenvalue weighted by molar-refractivity contribution is 0.745. The van der Waals surface area contributed by atoms with Gasteiger partial charge in [0.15, 0.2) is 0 Å². The maximum atomic E-state index is 5.79. The predicted octanol–water partition coefficient (Wildman–Crippen LogP) is 2.32. The van der Waals surface area contributed by atoms with Gasteiger partial charge in [-0.15, -0.1) is 6.58 Å². The van der Waals surface area contributed by atoms with Crippen LogP contribution in [0.2, 0.25) is 0 Å². The number of nitrogens with two attached hydrogens (primary N) is 1. The summed E-state index contributed by atoms with van der Waals surface area (Å²) >= 11 is 1.68. The summed E-state index contributed by atoms with van der Waals surface area (Å²) < 4.78 is 0. The third-order valence-corrected chi connectivity index (χ3v) is 2.09. The minimum absolute atomic E-state index is 0.142. The van der Waals surface area contributed by atoms with Crippen molar-refractivity contribution in [3.8, 4) is 0 Å². The van der Waals surface area contributed by atoms with E-state index >= 15 is 0 Å². The summed E-state index contributed by atoms with van der Waals surface area (Å²) in [6.07, 6.45) is 2.71. The van der Waals surface area contributed by atoms with Crippen LogP contribution in [0.1, 0.15) is 18.0 Å². The Morgan fingerprint density at radius 1 is 1.80 bits per heavy atom. The van der Waals surface area contributed by atoms with Crippen LogP contribution in [-0.2, 0) is 0 Å². The summed E-state index contributed by atoms with van der Waals surface area (Å²) in [6, 6.07) is 2.20. The molecule has 0 bridgehead atoms. The monoisotopic (exact) mass is 153 g/mol. The first-order valence-corrected chi connectivity index (χ1v) is 4.17. The van der Waals surface area contributed by atoms with Gasteiger partial charge in [-0.2, -0.15) is 11.3 Å². The minimum atomic E-state index is 0.142. The molecule has 1 aromatic rings. The standard InChI is InChI=1S/C8H11NS/c1-2-3-8(9)7-4-5-10-6-7/h2,4-6,8H,1,3,9H2. The zero-order chi connectivity index (χ0) is 7.40. The van der Waals surface area contributed by atoms with Crippen molar-refractivity contribution < 1.29 is 0 Å². The topological polar surface area (TPSA) is 26.0 Å². The van der Waals surface area contributed by atoms with Crippen molar-refractivity contribution in [1.82, 2.24) is 0 Å². The van der Waals surface area contributed by atoms with E-state index in [2.05, 4.69) is 18.0 Å². The van der Waals surface area contributed by atoms with Crippen LogP contribution in [0.15, 0.2) is 29.5 Å². The highest BCUT2D eigenvalue weighted by Crippen LogP contribution is 2.16. The smallest absolute Gasteiger partial charge is 0.0337 e. The number of rotatable bonds is 3. The van der Waals surface area contributed by atoms with E-state index in [1.54, 1.807) is 11.3 Å². The van der Waals surface area contributed by atoms with Crippen molar-refractivity contribution >= 4 is 11.3 Å². The second-order valence-electron chi connectivity index (χ2n) is 2.19. The van der Waals surface area contributed by atoms with Gasteiger partial charge in [-0.25, -0.2) is 0 Å². The minimum Gasteiger partial charge on any atom is -0.324 e. The molecule has 0 aliphatic carbocycles. The average molecular weight is 153 g/mol. The van der Waals surface area contributed by atoms with E-state index in [9.17, 15) is 0 Å². The molecule has 10 heavy (non-hydrogen) atoms. The highest BCUT2D eigenvalue weighted by atomic mass is 32.1. The van der Waals surface area contributed by atoms with Crippen LogP contribution < -0.4 is 5.73 Å². The van der Waals surface area contributed by atoms with E-state index in [4.69, 9.17) is 5.73 Å². The molecule has 1 atom stereocenters. The quantitative estimate of drug-likeness (QED) is 0.663.